The molecule has 2 heteroatoms. The minimum atomic E-state index is 0.252. The van der Waals surface area contributed by atoms with Gasteiger partial charge in [-0.05, 0) is 37.6 Å². The molecule has 0 radical (unpaired) electrons. The molecule has 1 unspecified atom stereocenters. The Labute approximate surface area is 119 Å². The lowest BCUT2D eigenvalue weighted by atomic mass is 9.89. The summed E-state index contributed by atoms with van der Waals surface area (Å²) >= 11 is 0. The van der Waals surface area contributed by atoms with Gasteiger partial charge >= 0.3 is 0 Å². The maximum atomic E-state index is 3.64. The highest BCUT2D eigenvalue weighted by molar-refractivity contribution is 6.05. The molecule has 100 valence electrons. The molecule has 0 bridgehead atoms. The van der Waals surface area contributed by atoms with Crippen LogP contribution in [0.4, 0.5) is 11.4 Å². The molecule has 2 nitrogen and oxygen atoms in total. The van der Waals surface area contributed by atoms with E-state index in [2.05, 4.69) is 73.6 Å². The van der Waals surface area contributed by atoms with Crippen LogP contribution in [0.5, 0.6) is 0 Å². The van der Waals surface area contributed by atoms with Crippen molar-refractivity contribution in [2.75, 3.05) is 17.3 Å². The molecule has 1 atom stereocenters. The molecule has 4 rings (SSSR count). The van der Waals surface area contributed by atoms with Crippen molar-refractivity contribution in [2.45, 2.75) is 20.0 Å². The first kappa shape index (κ1) is 11.6. The highest BCUT2D eigenvalue weighted by atomic mass is 15.3. The molecule has 1 N–H and O–H groups in total. The minimum Gasteiger partial charge on any atom is -0.361 e. The van der Waals surface area contributed by atoms with E-state index in [4.69, 9.17) is 0 Å². The van der Waals surface area contributed by atoms with Gasteiger partial charge in [-0.3, -0.25) is 0 Å². The number of fused-ring (bicyclic) bond motifs is 4. The predicted octanol–water partition coefficient (Wildman–Crippen LogP) is 4.13. The average molecular weight is 262 g/mol. The first-order valence-corrected chi connectivity index (χ1v) is 7.07. The van der Waals surface area contributed by atoms with Gasteiger partial charge in [0.25, 0.3) is 0 Å². The summed E-state index contributed by atoms with van der Waals surface area (Å²) in [7, 11) is 2.17. The number of hydrogen-bond acceptors (Lipinski definition) is 2. The van der Waals surface area contributed by atoms with Crippen molar-refractivity contribution in [2.24, 2.45) is 0 Å². The topological polar surface area (TPSA) is 15.3 Å². The van der Waals surface area contributed by atoms with Gasteiger partial charge in [-0.1, -0.05) is 29.8 Å². The van der Waals surface area contributed by atoms with E-state index in [1.54, 1.807) is 0 Å². The summed E-state index contributed by atoms with van der Waals surface area (Å²) in [4.78, 5) is 2.34. The Balaban J connectivity index is 2.01. The van der Waals surface area contributed by atoms with Crippen LogP contribution in [-0.4, -0.2) is 13.2 Å². The smallest absolute Gasteiger partial charge is 0.126 e. The van der Waals surface area contributed by atoms with Crippen molar-refractivity contribution < 1.29 is 0 Å². The molecule has 2 aliphatic rings. The van der Waals surface area contributed by atoms with Gasteiger partial charge in [0, 0.05) is 35.1 Å². The van der Waals surface area contributed by atoms with Gasteiger partial charge < -0.3 is 10.2 Å². The summed E-state index contributed by atoms with van der Waals surface area (Å²) in [5, 5.41) is 3.64. The second kappa shape index (κ2) is 3.89. The van der Waals surface area contributed by atoms with Crippen molar-refractivity contribution in [3.8, 4) is 0 Å². The van der Waals surface area contributed by atoms with Crippen LogP contribution in [0.1, 0.15) is 23.6 Å². The van der Waals surface area contributed by atoms with Crippen LogP contribution in [0.2, 0.25) is 0 Å². The van der Waals surface area contributed by atoms with Crippen LogP contribution in [0.3, 0.4) is 0 Å². The van der Waals surface area contributed by atoms with Crippen molar-refractivity contribution in [3.63, 3.8) is 0 Å². The molecular weight excluding hydrogens is 244 g/mol. The quantitative estimate of drug-likeness (QED) is 0.768. The molecule has 2 heterocycles. The predicted molar refractivity (Wildman–Crippen MR) is 85.9 cm³/mol. The Morgan fingerprint density at radius 3 is 2.65 bits per heavy atom. The molecule has 0 saturated heterocycles. The monoisotopic (exact) mass is 262 g/mol. The molecule has 2 aromatic carbocycles. The first-order chi connectivity index (χ1) is 9.66. The van der Waals surface area contributed by atoms with E-state index in [1.807, 2.05) is 0 Å². The standard InChI is InChI=1S/C18H18N2/c1-11-8-9-16-14(10-11)12(2)17-13-6-4-5-7-15(13)19-18(17)20(16)3/h4-10,18-19H,1-3H3. The number of rotatable bonds is 0. The third kappa shape index (κ3) is 1.39. The third-order valence-electron chi connectivity index (χ3n) is 4.51. The minimum absolute atomic E-state index is 0.252. The Morgan fingerprint density at radius 1 is 1.00 bits per heavy atom. The van der Waals surface area contributed by atoms with Gasteiger partial charge in [-0.2, -0.15) is 0 Å². The van der Waals surface area contributed by atoms with Crippen molar-refractivity contribution >= 4 is 22.5 Å². The number of benzene rings is 2. The number of para-hydroxylation sites is 1. The van der Waals surface area contributed by atoms with Crippen LogP contribution >= 0.6 is 0 Å². The second-order valence-corrected chi connectivity index (χ2v) is 5.76. The summed E-state index contributed by atoms with van der Waals surface area (Å²) < 4.78 is 0. The molecule has 0 amide bonds. The van der Waals surface area contributed by atoms with Gasteiger partial charge in [0.2, 0.25) is 0 Å². The molecule has 0 aromatic heterocycles. The summed E-state index contributed by atoms with van der Waals surface area (Å²) in [5.74, 6) is 0. The van der Waals surface area contributed by atoms with E-state index in [9.17, 15) is 0 Å². The lowest BCUT2D eigenvalue weighted by molar-refractivity contribution is 0.862. The number of allylic oxidation sites excluding steroid dienone is 1. The maximum absolute atomic E-state index is 3.64. The fourth-order valence-corrected chi connectivity index (χ4v) is 3.45. The van der Waals surface area contributed by atoms with Crippen LogP contribution in [0.25, 0.3) is 11.1 Å². The third-order valence-corrected chi connectivity index (χ3v) is 4.51. The summed E-state index contributed by atoms with van der Waals surface area (Å²) in [6.07, 6.45) is 0.252. The van der Waals surface area contributed by atoms with Crippen LogP contribution in [0, 0.1) is 6.92 Å². The Kier molecular flexibility index (Phi) is 2.25. The summed E-state index contributed by atoms with van der Waals surface area (Å²) in [5.41, 5.74) is 9.37. The largest absolute Gasteiger partial charge is 0.361 e. The summed E-state index contributed by atoms with van der Waals surface area (Å²) in [6, 6.07) is 15.3. The number of likely N-dealkylation sites (N-methyl/N-ethyl adjacent to an activating group) is 1. The number of nitrogens with one attached hydrogen (secondary N) is 1. The number of aryl methyl sites for hydroxylation is 1. The number of anilines is 2. The van der Waals surface area contributed by atoms with Gasteiger partial charge in [0.15, 0.2) is 0 Å². The SMILES string of the molecule is CC1=C2c3ccccc3NC2N(C)c2ccc(C)cc21. The van der Waals surface area contributed by atoms with E-state index in [0.717, 1.165) is 0 Å². The molecular formula is C18H18N2. The van der Waals surface area contributed by atoms with Gasteiger partial charge in [-0.25, -0.2) is 0 Å². The van der Waals surface area contributed by atoms with Crippen molar-refractivity contribution in [3.05, 3.63) is 59.2 Å². The summed E-state index contributed by atoms with van der Waals surface area (Å²) in [6.45, 7) is 4.41. The molecule has 0 aliphatic carbocycles. The van der Waals surface area contributed by atoms with Crippen molar-refractivity contribution in [1.82, 2.24) is 0 Å². The van der Waals surface area contributed by atoms with Crippen molar-refractivity contribution in [1.29, 1.82) is 0 Å². The van der Waals surface area contributed by atoms with Gasteiger partial charge in [0.05, 0.1) is 0 Å². The Hall–Kier alpha value is -2.22. The Bertz CT molecular complexity index is 743. The molecule has 2 aliphatic heterocycles. The zero-order valence-corrected chi connectivity index (χ0v) is 12.1. The first-order valence-electron chi connectivity index (χ1n) is 7.07. The fraction of sp³-hybridized carbons (Fsp3) is 0.222. The van der Waals surface area contributed by atoms with E-state index >= 15 is 0 Å². The van der Waals surface area contributed by atoms with Gasteiger partial charge in [0.1, 0.15) is 6.17 Å². The zero-order valence-electron chi connectivity index (χ0n) is 12.1. The Morgan fingerprint density at radius 2 is 1.80 bits per heavy atom. The highest BCUT2D eigenvalue weighted by Crippen LogP contribution is 2.47. The van der Waals surface area contributed by atoms with Crippen LogP contribution < -0.4 is 10.2 Å². The van der Waals surface area contributed by atoms with Crippen LogP contribution in [0.15, 0.2) is 42.5 Å². The second-order valence-electron chi connectivity index (χ2n) is 5.76. The van der Waals surface area contributed by atoms with E-state index in [-0.39, 0.29) is 6.17 Å². The number of nitrogens with zero attached hydrogens (tertiary/aromatic N) is 1. The lowest BCUT2D eigenvalue weighted by Crippen LogP contribution is -2.38. The van der Waals surface area contributed by atoms with E-state index in [1.165, 1.54) is 39.2 Å². The fourth-order valence-electron chi connectivity index (χ4n) is 3.45. The molecule has 0 fully saturated rings. The van der Waals surface area contributed by atoms with Gasteiger partial charge in [-0.15, -0.1) is 0 Å². The molecule has 0 saturated carbocycles. The molecule has 0 spiro atoms. The average Bonchev–Trinajstić information content (AvgIpc) is 2.84. The van der Waals surface area contributed by atoms with E-state index in [0.29, 0.717) is 0 Å². The highest BCUT2D eigenvalue weighted by Gasteiger charge is 2.35. The molecule has 20 heavy (non-hydrogen) atoms. The van der Waals surface area contributed by atoms with Crippen LogP contribution in [-0.2, 0) is 0 Å². The normalized spacial score (nSPS) is 19.4. The number of hydrogen-bond donors (Lipinski definition) is 1. The zero-order chi connectivity index (χ0) is 13.9. The lowest BCUT2D eigenvalue weighted by Gasteiger charge is -2.35. The maximum Gasteiger partial charge on any atom is 0.126 e. The van der Waals surface area contributed by atoms with E-state index < -0.39 is 0 Å². The molecule has 2 aromatic rings.